The SMILES string of the molecule is CN=C(NC1C2CCOC2C12CCCC2)N1CCC(OCCCOC)CC1. The predicted molar refractivity (Wildman–Crippen MR) is 106 cm³/mol. The quantitative estimate of drug-likeness (QED) is 0.436. The molecule has 2 aliphatic heterocycles. The summed E-state index contributed by atoms with van der Waals surface area (Å²) in [5.41, 5.74) is 0.375. The molecule has 0 radical (unpaired) electrons. The molecular weight excluding hydrogens is 342 g/mol. The molecule has 154 valence electrons. The number of nitrogens with one attached hydrogen (secondary N) is 1. The molecule has 0 bridgehead atoms. The van der Waals surface area contributed by atoms with Crippen molar-refractivity contribution in [1.29, 1.82) is 0 Å². The second-order valence-electron chi connectivity index (χ2n) is 8.76. The Labute approximate surface area is 164 Å². The number of nitrogens with zero attached hydrogens (tertiary/aromatic N) is 2. The van der Waals surface area contributed by atoms with Gasteiger partial charge >= 0.3 is 0 Å². The third-order valence-corrected chi connectivity index (χ3v) is 7.37. The normalized spacial score (nSPS) is 33.3. The number of piperidine rings is 1. The Bertz CT molecular complexity index is 513. The van der Waals surface area contributed by atoms with E-state index < -0.39 is 0 Å². The highest BCUT2D eigenvalue weighted by atomic mass is 16.5. The number of likely N-dealkylation sites (tertiary alicyclic amines) is 1. The lowest BCUT2D eigenvalue weighted by Crippen LogP contribution is -2.69. The average Bonchev–Trinajstić information content (AvgIpc) is 3.36. The summed E-state index contributed by atoms with van der Waals surface area (Å²) in [6, 6.07) is 0.550. The molecule has 0 amide bonds. The zero-order valence-corrected chi connectivity index (χ0v) is 17.1. The van der Waals surface area contributed by atoms with Crippen LogP contribution in [0.15, 0.2) is 4.99 Å². The average molecular weight is 380 g/mol. The molecule has 3 unspecified atom stereocenters. The molecular formula is C21H37N3O3. The standard InChI is InChI=1S/C21H37N3O3/c1-22-20(24-11-6-16(7-12-24)26-14-5-13-25-2)23-18-17-8-15-27-19(17)21(18)9-3-4-10-21/h16-19H,3-15H2,1-2H3,(H,22,23). The number of aliphatic imine (C=N–C) groups is 1. The maximum absolute atomic E-state index is 6.13. The molecule has 1 spiro atoms. The second-order valence-corrected chi connectivity index (χ2v) is 8.76. The highest BCUT2D eigenvalue weighted by Crippen LogP contribution is 2.60. The van der Waals surface area contributed by atoms with Crippen molar-refractivity contribution in [3.63, 3.8) is 0 Å². The molecule has 0 aromatic heterocycles. The Morgan fingerprint density at radius 2 is 1.96 bits per heavy atom. The molecule has 4 rings (SSSR count). The summed E-state index contributed by atoms with van der Waals surface area (Å²) in [7, 11) is 3.67. The Morgan fingerprint density at radius 3 is 2.67 bits per heavy atom. The Morgan fingerprint density at radius 1 is 1.19 bits per heavy atom. The lowest BCUT2D eigenvalue weighted by atomic mass is 9.54. The van der Waals surface area contributed by atoms with Gasteiger partial charge in [-0.25, -0.2) is 0 Å². The molecule has 1 N–H and O–H groups in total. The number of rotatable bonds is 6. The van der Waals surface area contributed by atoms with E-state index >= 15 is 0 Å². The minimum Gasteiger partial charge on any atom is -0.385 e. The fourth-order valence-electron chi connectivity index (χ4n) is 6.03. The van der Waals surface area contributed by atoms with Crippen molar-refractivity contribution in [3.05, 3.63) is 0 Å². The molecule has 0 aromatic carbocycles. The van der Waals surface area contributed by atoms with Gasteiger partial charge in [-0.15, -0.1) is 0 Å². The summed E-state index contributed by atoms with van der Waals surface area (Å²) in [6.45, 7) is 4.58. The van der Waals surface area contributed by atoms with Crippen molar-refractivity contribution >= 4 is 5.96 Å². The minimum atomic E-state index is 0.375. The summed E-state index contributed by atoms with van der Waals surface area (Å²) in [6.07, 6.45) is 10.6. The summed E-state index contributed by atoms with van der Waals surface area (Å²) < 4.78 is 17.2. The van der Waals surface area contributed by atoms with Crippen LogP contribution in [0.5, 0.6) is 0 Å². The van der Waals surface area contributed by atoms with Gasteiger partial charge in [-0.05, 0) is 38.5 Å². The highest BCUT2D eigenvalue weighted by molar-refractivity contribution is 5.80. The van der Waals surface area contributed by atoms with Crippen LogP contribution in [0.4, 0.5) is 0 Å². The minimum absolute atomic E-state index is 0.375. The molecule has 2 saturated heterocycles. The Balaban J connectivity index is 1.29. The van der Waals surface area contributed by atoms with Crippen LogP contribution in [0.1, 0.15) is 51.4 Å². The summed E-state index contributed by atoms with van der Waals surface area (Å²) in [5, 5.41) is 3.89. The van der Waals surface area contributed by atoms with Crippen molar-refractivity contribution in [2.24, 2.45) is 16.3 Å². The first-order valence-corrected chi connectivity index (χ1v) is 11.0. The first kappa shape index (κ1) is 19.5. The molecule has 2 saturated carbocycles. The van der Waals surface area contributed by atoms with E-state index in [1.165, 1.54) is 32.1 Å². The van der Waals surface area contributed by atoms with Crippen LogP contribution >= 0.6 is 0 Å². The van der Waals surface area contributed by atoms with Crippen molar-refractivity contribution in [3.8, 4) is 0 Å². The van der Waals surface area contributed by atoms with E-state index in [4.69, 9.17) is 14.2 Å². The number of methoxy groups -OCH3 is 1. The van der Waals surface area contributed by atoms with Crippen LogP contribution in [0.2, 0.25) is 0 Å². The molecule has 6 nitrogen and oxygen atoms in total. The Kier molecular flexibility index (Phi) is 6.25. The van der Waals surface area contributed by atoms with Crippen molar-refractivity contribution in [2.75, 3.05) is 47.1 Å². The van der Waals surface area contributed by atoms with Crippen LogP contribution < -0.4 is 5.32 Å². The maximum atomic E-state index is 6.13. The van der Waals surface area contributed by atoms with Gasteiger partial charge < -0.3 is 24.4 Å². The molecule has 3 atom stereocenters. The number of ether oxygens (including phenoxy) is 3. The Hall–Kier alpha value is -0.850. The van der Waals surface area contributed by atoms with Crippen LogP contribution in [-0.2, 0) is 14.2 Å². The van der Waals surface area contributed by atoms with E-state index in [0.717, 1.165) is 58.1 Å². The van der Waals surface area contributed by atoms with E-state index in [1.54, 1.807) is 7.11 Å². The number of hydrogen-bond acceptors (Lipinski definition) is 4. The van der Waals surface area contributed by atoms with Crippen molar-refractivity contribution in [2.45, 2.75) is 69.6 Å². The van der Waals surface area contributed by atoms with Gasteiger partial charge in [-0.1, -0.05) is 12.8 Å². The zero-order chi connectivity index (χ0) is 18.7. The summed E-state index contributed by atoms with van der Waals surface area (Å²) in [5.74, 6) is 1.77. The van der Waals surface area contributed by atoms with Gasteiger partial charge in [0.25, 0.3) is 0 Å². The lowest BCUT2D eigenvalue weighted by Gasteiger charge is -2.57. The summed E-state index contributed by atoms with van der Waals surface area (Å²) in [4.78, 5) is 7.08. The second kappa shape index (κ2) is 8.66. The molecule has 2 aliphatic carbocycles. The van der Waals surface area contributed by atoms with Crippen molar-refractivity contribution < 1.29 is 14.2 Å². The van der Waals surface area contributed by atoms with Crippen LogP contribution in [-0.4, -0.2) is 76.2 Å². The molecule has 6 heteroatoms. The van der Waals surface area contributed by atoms with Crippen LogP contribution in [0, 0.1) is 11.3 Å². The molecule has 2 heterocycles. The van der Waals surface area contributed by atoms with E-state index in [9.17, 15) is 0 Å². The fraction of sp³-hybridized carbons (Fsp3) is 0.952. The van der Waals surface area contributed by atoms with E-state index in [0.29, 0.717) is 29.6 Å². The van der Waals surface area contributed by atoms with Gasteiger partial charge in [-0.2, -0.15) is 0 Å². The predicted octanol–water partition coefficient (Wildman–Crippen LogP) is 2.43. The first-order valence-electron chi connectivity index (χ1n) is 11.0. The molecule has 4 fully saturated rings. The number of hydrogen-bond donors (Lipinski definition) is 1. The third kappa shape index (κ3) is 3.73. The van der Waals surface area contributed by atoms with E-state index in [2.05, 4.69) is 15.2 Å². The van der Waals surface area contributed by atoms with Gasteiger partial charge in [0.05, 0.1) is 12.2 Å². The van der Waals surface area contributed by atoms with Gasteiger partial charge in [0, 0.05) is 64.4 Å². The third-order valence-electron chi connectivity index (χ3n) is 7.37. The largest absolute Gasteiger partial charge is 0.385 e. The number of guanidine groups is 1. The van der Waals surface area contributed by atoms with Gasteiger partial charge in [0.2, 0.25) is 0 Å². The molecule has 0 aromatic rings. The topological polar surface area (TPSA) is 55.3 Å². The van der Waals surface area contributed by atoms with Crippen LogP contribution in [0.25, 0.3) is 0 Å². The first-order chi connectivity index (χ1) is 13.3. The lowest BCUT2D eigenvalue weighted by molar-refractivity contribution is -0.125. The van der Waals surface area contributed by atoms with Gasteiger partial charge in [0.15, 0.2) is 5.96 Å². The monoisotopic (exact) mass is 379 g/mol. The molecule has 4 aliphatic rings. The fourth-order valence-corrected chi connectivity index (χ4v) is 6.03. The highest BCUT2D eigenvalue weighted by Gasteiger charge is 2.65. The van der Waals surface area contributed by atoms with E-state index in [1.807, 2.05) is 7.05 Å². The van der Waals surface area contributed by atoms with E-state index in [-0.39, 0.29) is 0 Å². The molecule has 27 heavy (non-hydrogen) atoms. The van der Waals surface area contributed by atoms with Gasteiger partial charge in [0.1, 0.15) is 0 Å². The number of fused-ring (bicyclic) bond motifs is 2. The maximum Gasteiger partial charge on any atom is 0.193 e. The van der Waals surface area contributed by atoms with Gasteiger partial charge in [-0.3, -0.25) is 4.99 Å². The zero-order valence-electron chi connectivity index (χ0n) is 17.1. The van der Waals surface area contributed by atoms with Crippen LogP contribution in [0.3, 0.4) is 0 Å². The smallest absolute Gasteiger partial charge is 0.193 e. The van der Waals surface area contributed by atoms with Crippen molar-refractivity contribution in [1.82, 2.24) is 10.2 Å². The summed E-state index contributed by atoms with van der Waals surface area (Å²) >= 11 is 0.